The van der Waals surface area contributed by atoms with Crippen LogP contribution in [-0.2, 0) is 16.1 Å². The number of aromatic nitrogens is 3. The van der Waals surface area contributed by atoms with E-state index in [0.717, 1.165) is 39.8 Å². The molecule has 6 rings (SSSR count). The van der Waals surface area contributed by atoms with E-state index in [1.165, 1.54) is 17.3 Å². The maximum absolute atomic E-state index is 12.9. The highest BCUT2D eigenvalue weighted by molar-refractivity contribution is 8.01. The van der Waals surface area contributed by atoms with Crippen molar-refractivity contribution < 1.29 is 14.7 Å². The molecule has 31 heavy (non-hydrogen) atoms. The second-order valence-corrected chi connectivity index (χ2v) is 9.20. The summed E-state index contributed by atoms with van der Waals surface area (Å²) in [5.41, 5.74) is 6.06. The maximum Gasteiger partial charge on any atom is 0.305 e. The van der Waals surface area contributed by atoms with Gasteiger partial charge in [-0.15, -0.1) is 11.8 Å². The number of aliphatic carboxylic acids is 1. The number of anilines is 1. The lowest BCUT2D eigenvalue weighted by Gasteiger charge is -2.19. The fourth-order valence-corrected chi connectivity index (χ4v) is 6.03. The molecule has 4 aromatic rings. The highest BCUT2D eigenvalue weighted by Gasteiger charge is 2.38. The van der Waals surface area contributed by atoms with Gasteiger partial charge in [0, 0.05) is 34.8 Å². The molecule has 2 aromatic heterocycles. The van der Waals surface area contributed by atoms with Crippen molar-refractivity contribution in [2.45, 2.75) is 23.5 Å². The Labute approximate surface area is 181 Å². The minimum absolute atomic E-state index is 0.246. The molecule has 2 aliphatic heterocycles. The number of amides is 1. The van der Waals surface area contributed by atoms with Crippen LogP contribution in [0.25, 0.3) is 22.2 Å². The standard InChI is InChI=1S/C23H18N4O3S/c28-18(29)9-17-23(30)24-22-19-20(25-26-22)13-5-3-4-12(8-13)10-27-11-15(21(19)31-17)14-6-1-2-7-16(14)27/h1-8,11,17,21H,9-10H2,(H,28,29)(H2,24,25,26,30). The molecule has 2 aromatic carbocycles. The van der Waals surface area contributed by atoms with Crippen molar-refractivity contribution in [2.24, 2.45) is 0 Å². The molecule has 0 radical (unpaired) electrons. The molecule has 8 heteroatoms. The number of hydrogen-bond acceptors (Lipinski definition) is 4. The van der Waals surface area contributed by atoms with E-state index >= 15 is 0 Å². The Kier molecular flexibility index (Phi) is 3.97. The van der Waals surface area contributed by atoms with E-state index < -0.39 is 11.2 Å². The van der Waals surface area contributed by atoms with E-state index in [1.54, 1.807) is 0 Å². The number of fused-ring (bicyclic) bond motifs is 9. The summed E-state index contributed by atoms with van der Waals surface area (Å²) in [6.07, 6.45) is 1.89. The molecule has 1 amide bonds. The average Bonchev–Trinajstić information content (AvgIpc) is 3.29. The van der Waals surface area contributed by atoms with Gasteiger partial charge in [-0.05, 0) is 23.3 Å². The van der Waals surface area contributed by atoms with Crippen LogP contribution in [0.3, 0.4) is 0 Å². The zero-order chi connectivity index (χ0) is 21.1. The molecule has 2 aliphatic rings. The number of H-pyrrole nitrogens is 1. The number of carbonyl (C=O) groups is 2. The van der Waals surface area contributed by atoms with Crippen molar-refractivity contribution in [2.75, 3.05) is 5.32 Å². The fourth-order valence-electron chi connectivity index (χ4n) is 4.58. The number of benzene rings is 2. The third kappa shape index (κ3) is 2.86. The lowest BCUT2D eigenvalue weighted by atomic mass is 9.98. The molecule has 3 N–H and O–H groups in total. The van der Waals surface area contributed by atoms with Gasteiger partial charge in [0.2, 0.25) is 5.91 Å². The molecule has 0 aliphatic carbocycles. The monoisotopic (exact) mass is 430 g/mol. The Morgan fingerprint density at radius 3 is 2.97 bits per heavy atom. The molecule has 0 saturated heterocycles. The van der Waals surface area contributed by atoms with Gasteiger partial charge in [-0.3, -0.25) is 14.7 Å². The summed E-state index contributed by atoms with van der Waals surface area (Å²) in [6.45, 7) is 0.720. The van der Waals surface area contributed by atoms with E-state index in [9.17, 15) is 14.7 Å². The summed E-state index contributed by atoms with van der Waals surface area (Å²) >= 11 is 1.38. The SMILES string of the molecule is O=C(O)CC1SC2c3c(n[nH]c3-c3cccc(c3)Cn3cc2c2ccccc23)NC1=O. The first-order valence-corrected chi connectivity index (χ1v) is 11.0. The fraction of sp³-hybridized carbons (Fsp3) is 0.174. The second kappa shape index (κ2) is 6.75. The minimum Gasteiger partial charge on any atom is -0.481 e. The third-order valence-corrected chi connectivity index (χ3v) is 7.40. The zero-order valence-corrected chi connectivity index (χ0v) is 17.1. The van der Waals surface area contributed by atoms with Gasteiger partial charge in [0.1, 0.15) is 0 Å². The van der Waals surface area contributed by atoms with Gasteiger partial charge in [-0.1, -0.05) is 36.4 Å². The Morgan fingerprint density at radius 2 is 2.10 bits per heavy atom. The molecule has 154 valence electrons. The second-order valence-electron chi connectivity index (χ2n) is 7.88. The number of carboxylic acids is 1. The maximum atomic E-state index is 12.9. The van der Waals surface area contributed by atoms with Crippen molar-refractivity contribution in [1.29, 1.82) is 0 Å². The van der Waals surface area contributed by atoms with Crippen LogP contribution < -0.4 is 5.32 Å². The average molecular weight is 430 g/mol. The normalized spacial score (nSPS) is 19.4. The van der Waals surface area contributed by atoms with Crippen molar-refractivity contribution in [3.05, 3.63) is 71.4 Å². The van der Waals surface area contributed by atoms with Crippen LogP contribution in [-0.4, -0.2) is 37.0 Å². The zero-order valence-electron chi connectivity index (χ0n) is 16.3. The molecule has 7 nitrogen and oxygen atoms in total. The highest BCUT2D eigenvalue weighted by Crippen LogP contribution is 2.50. The van der Waals surface area contributed by atoms with Crippen LogP contribution in [0.2, 0.25) is 0 Å². The van der Waals surface area contributed by atoms with Crippen LogP contribution in [0, 0.1) is 0 Å². The number of nitrogens with zero attached hydrogens (tertiary/aromatic N) is 2. The third-order valence-electron chi connectivity index (χ3n) is 5.93. The first kappa shape index (κ1) is 18.3. The summed E-state index contributed by atoms with van der Waals surface area (Å²) in [4.78, 5) is 24.3. The van der Waals surface area contributed by atoms with Crippen molar-refractivity contribution >= 4 is 40.4 Å². The molecule has 4 heterocycles. The van der Waals surface area contributed by atoms with E-state index in [1.807, 2.05) is 24.3 Å². The predicted molar refractivity (Wildman–Crippen MR) is 119 cm³/mol. The molecule has 4 bridgehead atoms. The van der Waals surface area contributed by atoms with E-state index in [0.29, 0.717) is 5.82 Å². The number of para-hydroxylation sites is 1. The van der Waals surface area contributed by atoms with Gasteiger partial charge < -0.3 is 15.0 Å². The Hall–Kier alpha value is -3.52. The number of aromatic amines is 1. The Bertz CT molecular complexity index is 1370. The topological polar surface area (TPSA) is 100 Å². The number of thioether (sulfide) groups is 1. The number of carboxylic acid groups (broad SMARTS) is 1. The quantitative estimate of drug-likeness (QED) is 0.446. The first-order chi connectivity index (χ1) is 15.1. The smallest absolute Gasteiger partial charge is 0.305 e. The summed E-state index contributed by atoms with van der Waals surface area (Å²) in [5.74, 6) is -0.862. The van der Waals surface area contributed by atoms with Gasteiger partial charge in [0.15, 0.2) is 5.82 Å². The summed E-state index contributed by atoms with van der Waals surface area (Å²) in [6, 6.07) is 16.5. The molecular weight excluding hydrogens is 412 g/mol. The van der Waals surface area contributed by atoms with Gasteiger partial charge in [0.25, 0.3) is 0 Å². The van der Waals surface area contributed by atoms with Crippen LogP contribution in [0.5, 0.6) is 0 Å². The molecule has 0 saturated carbocycles. The van der Waals surface area contributed by atoms with Crippen molar-refractivity contribution in [3.8, 4) is 11.3 Å². The summed E-state index contributed by atoms with van der Waals surface area (Å²) in [5, 5.41) is 19.9. The highest BCUT2D eigenvalue weighted by atomic mass is 32.2. The Balaban J connectivity index is 1.66. The summed E-state index contributed by atoms with van der Waals surface area (Å²) in [7, 11) is 0. The van der Waals surface area contributed by atoms with Crippen molar-refractivity contribution in [3.63, 3.8) is 0 Å². The van der Waals surface area contributed by atoms with Crippen LogP contribution in [0.15, 0.2) is 54.7 Å². The van der Waals surface area contributed by atoms with Gasteiger partial charge in [-0.2, -0.15) is 5.10 Å². The molecule has 0 spiro atoms. The predicted octanol–water partition coefficient (Wildman–Crippen LogP) is 4.01. The number of hydrogen-bond donors (Lipinski definition) is 3. The minimum atomic E-state index is -0.996. The molecular formula is C23H18N4O3S. The molecule has 2 unspecified atom stereocenters. The van der Waals surface area contributed by atoms with E-state index in [4.69, 9.17) is 0 Å². The number of carbonyl (C=O) groups excluding carboxylic acids is 1. The van der Waals surface area contributed by atoms with Crippen LogP contribution in [0.4, 0.5) is 5.82 Å². The van der Waals surface area contributed by atoms with Gasteiger partial charge in [-0.25, -0.2) is 0 Å². The van der Waals surface area contributed by atoms with E-state index in [2.05, 4.69) is 50.5 Å². The van der Waals surface area contributed by atoms with Crippen LogP contribution >= 0.6 is 11.8 Å². The number of nitrogens with one attached hydrogen (secondary N) is 2. The van der Waals surface area contributed by atoms with Crippen molar-refractivity contribution in [1.82, 2.24) is 14.8 Å². The Morgan fingerprint density at radius 1 is 1.23 bits per heavy atom. The molecule has 2 atom stereocenters. The van der Waals surface area contributed by atoms with E-state index in [-0.39, 0.29) is 17.6 Å². The van der Waals surface area contributed by atoms with Gasteiger partial charge >= 0.3 is 5.97 Å². The number of rotatable bonds is 2. The lowest BCUT2D eigenvalue weighted by Crippen LogP contribution is -2.26. The largest absolute Gasteiger partial charge is 0.481 e. The molecule has 0 fully saturated rings. The summed E-state index contributed by atoms with van der Waals surface area (Å²) < 4.78 is 2.22. The first-order valence-electron chi connectivity index (χ1n) is 10.0. The van der Waals surface area contributed by atoms with Gasteiger partial charge in [0.05, 0.1) is 22.6 Å². The lowest BCUT2D eigenvalue weighted by molar-refractivity contribution is -0.138. The van der Waals surface area contributed by atoms with Crippen LogP contribution in [0.1, 0.15) is 28.4 Å².